The number of hydrogen-bond acceptors (Lipinski definition) is 5. The molecule has 1 aliphatic carbocycles. The Morgan fingerprint density at radius 3 is 2.38 bits per heavy atom. The first-order chi connectivity index (χ1) is 15.3. The summed E-state index contributed by atoms with van der Waals surface area (Å²) >= 11 is 1.82. The summed E-state index contributed by atoms with van der Waals surface area (Å²) in [5, 5.41) is 2.65. The van der Waals surface area contributed by atoms with E-state index in [0.29, 0.717) is 44.0 Å². The maximum Gasteiger partial charge on any atom is 0.243 e. The number of nitrogens with zero attached hydrogens (tertiary/aromatic N) is 2. The average molecular weight is 480 g/mol. The Labute approximate surface area is 195 Å². The van der Waals surface area contributed by atoms with Crippen LogP contribution in [0.25, 0.3) is 0 Å². The molecule has 3 aliphatic rings. The first-order valence-electron chi connectivity index (χ1n) is 11.6. The minimum absolute atomic E-state index is 0.196. The van der Waals surface area contributed by atoms with Crippen LogP contribution < -0.4 is 5.32 Å². The van der Waals surface area contributed by atoms with Gasteiger partial charge in [0.15, 0.2) is 0 Å². The van der Waals surface area contributed by atoms with E-state index >= 15 is 0 Å². The molecule has 0 atom stereocenters. The van der Waals surface area contributed by atoms with Crippen LogP contribution in [0.15, 0.2) is 29.2 Å². The van der Waals surface area contributed by atoms with Gasteiger partial charge in [0.1, 0.15) is 0 Å². The Morgan fingerprint density at radius 1 is 1.09 bits per heavy atom. The van der Waals surface area contributed by atoms with E-state index in [1.165, 1.54) is 49.0 Å². The summed E-state index contributed by atoms with van der Waals surface area (Å²) in [6.07, 6.45) is 8.04. The van der Waals surface area contributed by atoms with Gasteiger partial charge in [-0.15, -0.1) is 11.8 Å². The molecule has 2 saturated heterocycles. The van der Waals surface area contributed by atoms with Gasteiger partial charge in [-0.25, -0.2) is 8.42 Å². The SMILES string of the molecule is CC(=O)Nc1ccc(S(=O)(=O)N2CCC3(CC2)SCCN3C(=O)CCC2CCCC2)cc1. The predicted molar refractivity (Wildman–Crippen MR) is 127 cm³/mol. The molecule has 0 unspecified atom stereocenters. The molecule has 1 aromatic rings. The van der Waals surface area contributed by atoms with Crippen LogP contribution in [0.1, 0.15) is 58.3 Å². The van der Waals surface area contributed by atoms with Gasteiger partial charge in [-0.2, -0.15) is 4.31 Å². The van der Waals surface area contributed by atoms with E-state index in [0.717, 1.165) is 18.7 Å². The fourth-order valence-electron chi connectivity index (χ4n) is 5.27. The molecule has 2 heterocycles. The number of amides is 2. The van der Waals surface area contributed by atoms with Crippen molar-refractivity contribution in [2.24, 2.45) is 5.92 Å². The van der Waals surface area contributed by atoms with Crippen molar-refractivity contribution >= 4 is 39.3 Å². The van der Waals surface area contributed by atoms with E-state index in [1.807, 2.05) is 11.8 Å². The topological polar surface area (TPSA) is 86.8 Å². The van der Waals surface area contributed by atoms with Crippen molar-refractivity contribution in [1.29, 1.82) is 0 Å². The summed E-state index contributed by atoms with van der Waals surface area (Å²) < 4.78 is 27.8. The smallest absolute Gasteiger partial charge is 0.243 e. The second-order valence-electron chi connectivity index (χ2n) is 9.14. The highest BCUT2D eigenvalue weighted by Crippen LogP contribution is 2.45. The Hall–Kier alpha value is -1.58. The predicted octanol–water partition coefficient (Wildman–Crippen LogP) is 3.67. The highest BCUT2D eigenvalue weighted by Gasteiger charge is 2.47. The normalized spacial score (nSPS) is 21.8. The van der Waals surface area contributed by atoms with Gasteiger partial charge >= 0.3 is 0 Å². The zero-order valence-electron chi connectivity index (χ0n) is 18.7. The molecule has 2 aliphatic heterocycles. The van der Waals surface area contributed by atoms with Crippen molar-refractivity contribution in [2.75, 3.05) is 30.7 Å². The third-order valence-corrected chi connectivity index (χ3v) is 10.5. The maximum absolute atomic E-state index is 13.1. The van der Waals surface area contributed by atoms with Crippen molar-refractivity contribution < 1.29 is 18.0 Å². The largest absolute Gasteiger partial charge is 0.327 e. The van der Waals surface area contributed by atoms with E-state index < -0.39 is 10.0 Å². The number of nitrogens with one attached hydrogen (secondary N) is 1. The number of piperidine rings is 1. The number of anilines is 1. The van der Waals surface area contributed by atoms with Crippen LogP contribution in [0.3, 0.4) is 0 Å². The lowest BCUT2D eigenvalue weighted by Crippen LogP contribution is -2.53. The Balaban J connectivity index is 1.37. The van der Waals surface area contributed by atoms with Crippen molar-refractivity contribution in [3.63, 3.8) is 0 Å². The summed E-state index contributed by atoms with van der Waals surface area (Å²) in [7, 11) is -3.60. The number of thioether (sulfide) groups is 1. The molecule has 0 bridgehead atoms. The Morgan fingerprint density at radius 2 is 1.75 bits per heavy atom. The lowest BCUT2D eigenvalue weighted by Gasteiger charge is -2.43. The zero-order valence-corrected chi connectivity index (χ0v) is 20.3. The molecule has 0 aromatic heterocycles. The molecule has 0 radical (unpaired) electrons. The highest BCUT2D eigenvalue weighted by atomic mass is 32.2. The van der Waals surface area contributed by atoms with Crippen LogP contribution in [0.4, 0.5) is 5.69 Å². The standard InChI is InChI=1S/C23H33N3O4S2/c1-18(27)24-20-7-9-21(10-8-20)32(29,30)25-14-12-23(13-15-25)26(16-17-31-23)22(28)11-6-19-4-2-3-5-19/h7-10,19H,2-6,11-17H2,1H3,(H,24,27). The highest BCUT2D eigenvalue weighted by molar-refractivity contribution is 8.00. The van der Waals surface area contributed by atoms with E-state index in [1.54, 1.807) is 12.1 Å². The van der Waals surface area contributed by atoms with Gasteiger partial charge < -0.3 is 10.2 Å². The van der Waals surface area contributed by atoms with Crippen molar-refractivity contribution in [1.82, 2.24) is 9.21 Å². The summed E-state index contributed by atoms with van der Waals surface area (Å²) in [5.41, 5.74) is 0.572. The van der Waals surface area contributed by atoms with Gasteiger partial charge in [0.25, 0.3) is 0 Å². The quantitative estimate of drug-likeness (QED) is 0.673. The van der Waals surface area contributed by atoms with Gasteiger partial charge in [0, 0.05) is 44.4 Å². The molecular formula is C23H33N3O4S2. The van der Waals surface area contributed by atoms with Crippen molar-refractivity contribution in [3.05, 3.63) is 24.3 Å². The molecule has 176 valence electrons. The Kier molecular flexibility index (Phi) is 7.17. The third kappa shape index (κ3) is 4.99. The van der Waals surface area contributed by atoms with E-state index in [-0.39, 0.29) is 21.6 Å². The van der Waals surface area contributed by atoms with Crippen LogP contribution in [-0.4, -0.2) is 59.7 Å². The monoisotopic (exact) mass is 479 g/mol. The molecule has 7 nitrogen and oxygen atoms in total. The number of benzene rings is 1. The number of hydrogen-bond donors (Lipinski definition) is 1. The second kappa shape index (κ2) is 9.73. The van der Waals surface area contributed by atoms with Gasteiger partial charge in [-0.1, -0.05) is 25.7 Å². The van der Waals surface area contributed by atoms with Gasteiger partial charge in [0.2, 0.25) is 21.8 Å². The molecule has 9 heteroatoms. The van der Waals surface area contributed by atoms with E-state index in [2.05, 4.69) is 10.2 Å². The third-order valence-electron chi connectivity index (χ3n) is 7.04. The molecule has 1 saturated carbocycles. The lowest BCUT2D eigenvalue weighted by molar-refractivity contribution is -0.134. The van der Waals surface area contributed by atoms with E-state index in [9.17, 15) is 18.0 Å². The maximum atomic E-state index is 13.1. The number of sulfonamides is 1. The van der Waals surface area contributed by atoms with Crippen LogP contribution >= 0.6 is 11.8 Å². The molecule has 32 heavy (non-hydrogen) atoms. The first-order valence-corrected chi connectivity index (χ1v) is 14.0. The molecule has 1 N–H and O–H groups in total. The van der Waals surface area contributed by atoms with Gasteiger partial charge in [0.05, 0.1) is 9.77 Å². The summed E-state index contributed by atoms with van der Waals surface area (Å²) in [5.74, 6) is 1.67. The second-order valence-corrected chi connectivity index (χ2v) is 12.5. The first kappa shape index (κ1) is 23.6. The summed E-state index contributed by atoms with van der Waals surface area (Å²) in [4.78, 5) is 26.2. The van der Waals surface area contributed by atoms with Crippen LogP contribution in [0.2, 0.25) is 0 Å². The number of carbonyl (C=O) groups excluding carboxylic acids is 2. The Bertz CT molecular complexity index is 934. The molecular weight excluding hydrogens is 446 g/mol. The van der Waals surface area contributed by atoms with Crippen molar-refractivity contribution in [3.8, 4) is 0 Å². The molecule has 4 rings (SSSR count). The molecule has 1 spiro atoms. The molecule has 2 amide bonds. The molecule has 1 aromatic carbocycles. The number of rotatable bonds is 6. The minimum atomic E-state index is -3.60. The van der Waals surface area contributed by atoms with Gasteiger partial charge in [-0.3, -0.25) is 9.59 Å². The summed E-state index contributed by atoms with van der Waals surface area (Å²) in [6, 6.07) is 6.29. The fourth-order valence-corrected chi connectivity index (χ4v) is 8.19. The van der Waals surface area contributed by atoms with Crippen molar-refractivity contribution in [2.45, 2.75) is 68.1 Å². The minimum Gasteiger partial charge on any atom is -0.327 e. The van der Waals surface area contributed by atoms with Gasteiger partial charge in [-0.05, 0) is 49.4 Å². The fraction of sp³-hybridized carbons (Fsp3) is 0.652. The zero-order chi connectivity index (χ0) is 22.8. The lowest BCUT2D eigenvalue weighted by atomic mass is 9.99. The number of carbonyl (C=O) groups is 2. The average Bonchev–Trinajstić information content (AvgIpc) is 3.43. The van der Waals surface area contributed by atoms with Crippen LogP contribution in [-0.2, 0) is 19.6 Å². The van der Waals surface area contributed by atoms with Crippen LogP contribution in [0.5, 0.6) is 0 Å². The van der Waals surface area contributed by atoms with E-state index in [4.69, 9.17) is 0 Å². The summed E-state index contributed by atoms with van der Waals surface area (Å²) in [6.45, 7) is 3.01. The molecule has 3 fully saturated rings. The van der Waals surface area contributed by atoms with Crippen LogP contribution in [0, 0.1) is 5.92 Å².